The number of aliphatic carboxylic acids is 1. The molecule has 0 saturated carbocycles. The summed E-state index contributed by atoms with van der Waals surface area (Å²) in [6, 6.07) is 5.43. The molecule has 0 aliphatic carbocycles. The van der Waals surface area contributed by atoms with Crippen molar-refractivity contribution in [3.8, 4) is 11.5 Å². The van der Waals surface area contributed by atoms with Crippen LogP contribution >= 0.6 is 15.9 Å². The van der Waals surface area contributed by atoms with Crippen LogP contribution in [0.15, 0.2) is 39.5 Å². The van der Waals surface area contributed by atoms with Crippen molar-refractivity contribution in [2.45, 2.75) is 13.3 Å². The van der Waals surface area contributed by atoms with Gasteiger partial charge < -0.3 is 13.9 Å². The summed E-state index contributed by atoms with van der Waals surface area (Å²) in [5, 5.41) is 9.11. The number of hydrogen-bond donors (Lipinski definition) is 1. The molecule has 0 spiro atoms. The highest BCUT2D eigenvalue weighted by molar-refractivity contribution is 9.10. The van der Waals surface area contributed by atoms with Crippen molar-refractivity contribution in [2.24, 2.45) is 0 Å². The first-order chi connectivity index (χ1) is 9.56. The van der Waals surface area contributed by atoms with Crippen molar-refractivity contribution in [2.75, 3.05) is 0 Å². The summed E-state index contributed by atoms with van der Waals surface area (Å²) in [6.07, 6.45) is 3.26. The first-order valence-corrected chi connectivity index (χ1v) is 6.78. The molecule has 0 atom stereocenters. The van der Waals surface area contributed by atoms with Gasteiger partial charge in [-0.05, 0) is 46.6 Å². The number of halogens is 1. The minimum absolute atomic E-state index is 0.118. The van der Waals surface area contributed by atoms with E-state index < -0.39 is 5.97 Å². The maximum absolute atomic E-state index is 11.1. The van der Waals surface area contributed by atoms with E-state index in [0.29, 0.717) is 22.8 Å². The molecule has 102 valence electrons. The van der Waals surface area contributed by atoms with Gasteiger partial charge >= 0.3 is 5.97 Å². The van der Waals surface area contributed by atoms with Crippen molar-refractivity contribution in [1.82, 2.24) is 9.38 Å². The zero-order chi connectivity index (χ0) is 14.3. The van der Waals surface area contributed by atoms with Crippen LogP contribution in [0.4, 0.5) is 0 Å². The Balaban J connectivity index is 2.30. The van der Waals surface area contributed by atoms with Crippen LogP contribution in [0.25, 0.3) is 17.1 Å². The fourth-order valence-corrected chi connectivity index (χ4v) is 2.45. The van der Waals surface area contributed by atoms with Crippen LogP contribution in [-0.4, -0.2) is 20.5 Å². The number of imidazole rings is 1. The topological polar surface area (TPSA) is 67.7 Å². The number of fused-ring (bicyclic) bond motifs is 1. The smallest absolute Gasteiger partial charge is 0.309 e. The lowest BCUT2D eigenvalue weighted by Crippen LogP contribution is -2.04. The standard InChI is InChI=1S/C14H11BrN2O3/c1-8-5-12-16-14(11-3-2-4-20-11)10(6-13(18)19)17(12)7-9(8)15/h2-5,7H,6H2,1H3,(H,18,19). The van der Waals surface area contributed by atoms with Crippen molar-refractivity contribution in [3.05, 3.63) is 46.4 Å². The molecule has 0 saturated heterocycles. The summed E-state index contributed by atoms with van der Waals surface area (Å²) in [7, 11) is 0. The van der Waals surface area contributed by atoms with E-state index in [4.69, 9.17) is 9.52 Å². The molecule has 3 aromatic rings. The molecule has 6 heteroatoms. The third-order valence-corrected chi connectivity index (χ3v) is 3.91. The van der Waals surface area contributed by atoms with Crippen LogP contribution in [-0.2, 0) is 11.2 Å². The predicted octanol–water partition coefficient (Wildman–Crippen LogP) is 3.29. The van der Waals surface area contributed by atoms with Crippen molar-refractivity contribution >= 4 is 27.5 Å². The molecule has 0 fully saturated rings. The molecular formula is C14H11BrN2O3. The average Bonchev–Trinajstić information content (AvgIpc) is 2.99. The molecule has 3 heterocycles. The van der Waals surface area contributed by atoms with Crippen LogP contribution in [0.5, 0.6) is 0 Å². The average molecular weight is 335 g/mol. The number of nitrogens with zero attached hydrogens (tertiary/aromatic N) is 2. The highest BCUT2D eigenvalue weighted by Gasteiger charge is 2.19. The number of aryl methyl sites for hydroxylation is 1. The minimum Gasteiger partial charge on any atom is -0.481 e. The molecule has 1 N–H and O–H groups in total. The molecule has 0 unspecified atom stereocenters. The molecular weight excluding hydrogens is 324 g/mol. The van der Waals surface area contributed by atoms with Gasteiger partial charge in [0.2, 0.25) is 0 Å². The van der Waals surface area contributed by atoms with E-state index in [9.17, 15) is 4.79 Å². The number of carboxylic acid groups (broad SMARTS) is 1. The van der Waals surface area contributed by atoms with E-state index >= 15 is 0 Å². The maximum Gasteiger partial charge on any atom is 0.309 e. The lowest BCUT2D eigenvalue weighted by Gasteiger charge is -2.03. The molecule has 0 aromatic carbocycles. The van der Waals surface area contributed by atoms with E-state index in [1.165, 1.54) is 0 Å². The molecule has 0 aliphatic heterocycles. The summed E-state index contributed by atoms with van der Waals surface area (Å²) < 4.78 is 8.03. The third kappa shape index (κ3) is 2.12. The van der Waals surface area contributed by atoms with Crippen molar-refractivity contribution < 1.29 is 14.3 Å². The molecule has 5 nitrogen and oxygen atoms in total. The Morgan fingerprint density at radius 2 is 2.35 bits per heavy atom. The maximum atomic E-state index is 11.1. The van der Waals surface area contributed by atoms with Crippen LogP contribution in [0.2, 0.25) is 0 Å². The zero-order valence-electron chi connectivity index (χ0n) is 10.6. The van der Waals surface area contributed by atoms with Gasteiger partial charge in [0.1, 0.15) is 11.3 Å². The van der Waals surface area contributed by atoms with Gasteiger partial charge in [-0.2, -0.15) is 0 Å². The first-order valence-electron chi connectivity index (χ1n) is 5.99. The van der Waals surface area contributed by atoms with Gasteiger partial charge in [0.05, 0.1) is 18.4 Å². The monoisotopic (exact) mass is 334 g/mol. The lowest BCUT2D eigenvalue weighted by molar-refractivity contribution is -0.136. The van der Waals surface area contributed by atoms with Gasteiger partial charge in [-0.25, -0.2) is 4.98 Å². The molecule has 0 radical (unpaired) electrons. The lowest BCUT2D eigenvalue weighted by atomic mass is 10.2. The van der Waals surface area contributed by atoms with Gasteiger partial charge in [0, 0.05) is 10.7 Å². The molecule has 0 bridgehead atoms. The Morgan fingerprint density at radius 3 is 3.00 bits per heavy atom. The summed E-state index contributed by atoms with van der Waals surface area (Å²) in [5.74, 6) is -0.338. The molecule has 3 rings (SSSR count). The number of carboxylic acids is 1. The molecule has 3 aromatic heterocycles. The second-order valence-corrected chi connectivity index (χ2v) is 5.34. The van der Waals surface area contributed by atoms with E-state index in [0.717, 1.165) is 10.0 Å². The van der Waals surface area contributed by atoms with Crippen molar-refractivity contribution in [1.29, 1.82) is 0 Å². The van der Waals surface area contributed by atoms with E-state index in [-0.39, 0.29) is 6.42 Å². The Kier molecular flexibility index (Phi) is 3.10. The summed E-state index contributed by atoms with van der Waals surface area (Å²) in [5.41, 5.74) is 2.90. The fourth-order valence-electron chi connectivity index (χ4n) is 2.13. The Morgan fingerprint density at radius 1 is 1.55 bits per heavy atom. The molecule has 0 amide bonds. The number of rotatable bonds is 3. The predicted molar refractivity (Wildman–Crippen MR) is 76.7 cm³/mol. The fraction of sp³-hybridized carbons (Fsp3) is 0.143. The highest BCUT2D eigenvalue weighted by Crippen LogP contribution is 2.28. The van der Waals surface area contributed by atoms with Crippen LogP contribution in [0.1, 0.15) is 11.3 Å². The Bertz CT molecular complexity index is 790. The number of furan rings is 1. The Labute approximate surface area is 123 Å². The molecule has 20 heavy (non-hydrogen) atoms. The number of aromatic nitrogens is 2. The van der Waals surface area contributed by atoms with E-state index in [2.05, 4.69) is 20.9 Å². The minimum atomic E-state index is -0.906. The normalized spacial score (nSPS) is 11.1. The Hall–Kier alpha value is -2.08. The van der Waals surface area contributed by atoms with E-state index in [1.54, 1.807) is 22.8 Å². The summed E-state index contributed by atoms with van der Waals surface area (Å²) in [6.45, 7) is 1.96. The second kappa shape index (κ2) is 4.79. The second-order valence-electron chi connectivity index (χ2n) is 4.49. The quantitative estimate of drug-likeness (QED) is 0.797. The van der Waals surface area contributed by atoms with Crippen LogP contribution in [0, 0.1) is 6.92 Å². The van der Waals surface area contributed by atoms with Crippen LogP contribution < -0.4 is 0 Å². The third-order valence-electron chi connectivity index (χ3n) is 3.08. The van der Waals surface area contributed by atoms with Crippen molar-refractivity contribution in [3.63, 3.8) is 0 Å². The van der Waals surface area contributed by atoms with E-state index in [1.807, 2.05) is 19.2 Å². The number of pyridine rings is 1. The number of carbonyl (C=O) groups is 1. The number of hydrogen-bond acceptors (Lipinski definition) is 3. The molecule has 0 aliphatic rings. The van der Waals surface area contributed by atoms with Gasteiger partial charge in [-0.3, -0.25) is 4.79 Å². The van der Waals surface area contributed by atoms with Gasteiger partial charge in [0.25, 0.3) is 0 Å². The van der Waals surface area contributed by atoms with Crippen LogP contribution in [0.3, 0.4) is 0 Å². The highest BCUT2D eigenvalue weighted by atomic mass is 79.9. The zero-order valence-corrected chi connectivity index (χ0v) is 12.2. The van der Waals surface area contributed by atoms with Gasteiger partial charge in [-0.1, -0.05) is 0 Å². The first kappa shape index (κ1) is 12.9. The van der Waals surface area contributed by atoms with Gasteiger partial charge in [-0.15, -0.1) is 0 Å². The summed E-state index contributed by atoms with van der Waals surface area (Å²) in [4.78, 5) is 15.6. The SMILES string of the molecule is Cc1cc2nc(-c3ccco3)c(CC(=O)O)n2cc1Br. The largest absolute Gasteiger partial charge is 0.481 e. The summed E-state index contributed by atoms with van der Waals surface area (Å²) >= 11 is 3.46. The van der Waals surface area contributed by atoms with Gasteiger partial charge in [0.15, 0.2) is 5.76 Å².